The van der Waals surface area contributed by atoms with E-state index in [-0.39, 0.29) is 11.8 Å². The number of fused-ring (bicyclic) bond motifs is 3. The second-order valence-corrected chi connectivity index (χ2v) is 9.66. The zero-order valence-electron chi connectivity index (χ0n) is 17.2. The van der Waals surface area contributed by atoms with Gasteiger partial charge in [0.25, 0.3) is 5.91 Å². The van der Waals surface area contributed by atoms with Crippen LogP contribution in [0, 0.1) is 0 Å². The number of aryl methyl sites for hydroxylation is 2. The Morgan fingerprint density at radius 3 is 2.59 bits per heavy atom. The summed E-state index contributed by atoms with van der Waals surface area (Å²) in [7, 11) is 0. The number of thiophene rings is 1. The number of hydrogen-bond donors (Lipinski definition) is 2. The van der Waals surface area contributed by atoms with Crippen LogP contribution in [0.1, 0.15) is 25.7 Å². The van der Waals surface area contributed by atoms with E-state index in [0.717, 1.165) is 29.7 Å². The topological polar surface area (TPSA) is 71.1 Å². The van der Waals surface area contributed by atoms with E-state index in [9.17, 15) is 9.59 Å². The van der Waals surface area contributed by atoms with E-state index in [0.29, 0.717) is 16.4 Å². The molecule has 7 heteroatoms. The van der Waals surface area contributed by atoms with Crippen molar-refractivity contribution < 1.29 is 9.59 Å². The Kier molecular flexibility index (Phi) is 5.83. The van der Waals surface area contributed by atoms with Crippen molar-refractivity contribution in [3.8, 4) is 11.3 Å². The summed E-state index contributed by atoms with van der Waals surface area (Å²) in [6.07, 6.45) is 2.30. The van der Waals surface area contributed by atoms with Crippen LogP contribution in [0.5, 0.6) is 0 Å². The Labute approximate surface area is 194 Å². The van der Waals surface area contributed by atoms with Gasteiger partial charge in [-0.15, -0.1) is 22.7 Å². The highest BCUT2D eigenvalue weighted by Crippen LogP contribution is 2.38. The van der Waals surface area contributed by atoms with Gasteiger partial charge in [-0.3, -0.25) is 9.59 Å². The molecule has 1 aliphatic carbocycles. The molecule has 0 aliphatic heterocycles. The van der Waals surface area contributed by atoms with Gasteiger partial charge in [-0.1, -0.05) is 60.7 Å². The van der Waals surface area contributed by atoms with Crippen molar-refractivity contribution in [3.05, 3.63) is 93.0 Å². The Hall–Kier alpha value is -3.29. The standard InChI is InChI=1S/C25H21N3O2S2/c29-23(28-25-27-22-18-10-5-4-9-17(18)12-13-20(22)32-25)19(15-16-7-2-1-3-8-16)26-24(30)21-11-6-14-31-21/h1-11,14,19H,12-13,15H2,(H,26,30)(H,27,28,29). The van der Waals surface area contributed by atoms with Gasteiger partial charge in [0, 0.05) is 16.9 Å². The van der Waals surface area contributed by atoms with Gasteiger partial charge in [0.15, 0.2) is 5.13 Å². The number of anilines is 1. The molecule has 32 heavy (non-hydrogen) atoms. The van der Waals surface area contributed by atoms with E-state index < -0.39 is 6.04 Å². The lowest BCUT2D eigenvalue weighted by Gasteiger charge is -2.17. The average Bonchev–Trinajstić information content (AvgIpc) is 3.49. The number of carbonyl (C=O) groups excluding carboxylic acids is 2. The van der Waals surface area contributed by atoms with E-state index in [1.807, 2.05) is 53.9 Å². The van der Waals surface area contributed by atoms with Gasteiger partial charge in [-0.2, -0.15) is 0 Å². The third kappa shape index (κ3) is 4.35. The first-order valence-electron chi connectivity index (χ1n) is 10.4. The number of hydrogen-bond acceptors (Lipinski definition) is 5. The molecule has 2 aromatic carbocycles. The predicted molar refractivity (Wildman–Crippen MR) is 129 cm³/mol. The highest BCUT2D eigenvalue weighted by Gasteiger charge is 2.25. The van der Waals surface area contributed by atoms with Crippen molar-refractivity contribution in [2.24, 2.45) is 0 Å². The van der Waals surface area contributed by atoms with E-state index in [2.05, 4.69) is 22.8 Å². The summed E-state index contributed by atoms with van der Waals surface area (Å²) in [5, 5.41) is 8.28. The van der Waals surface area contributed by atoms with Crippen molar-refractivity contribution in [1.82, 2.24) is 10.3 Å². The maximum absolute atomic E-state index is 13.2. The van der Waals surface area contributed by atoms with Crippen molar-refractivity contribution in [2.75, 3.05) is 5.32 Å². The van der Waals surface area contributed by atoms with Gasteiger partial charge in [0.05, 0.1) is 10.6 Å². The molecule has 5 nitrogen and oxygen atoms in total. The minimum atomic E-state index is -0.708. The van der Waals surface area contributed by atoms with Crippen LogP contribution >= 0.6 is 22.7 Å². The van der Waals surface area contributed by atoms with Gasteiger partial charge >= 0.3 is 0 Å². The van der Waals surface area contributed by atoms with Crippen LogP contribution in [0.4, 0.5) is 5.13 Å². The molecule has 1 unspecified atom stereocenters. The summed E-state index contributed by atoms with van der Waals surface area (Å²) < 4.78 is 0. The highest BCUT2D eigenvalue weighted by atomic mass is 32.1. The van der Waals surface area contributed by atoms with E-state index in [1.54, 1.807) is 6.07 Å². The minimum Gasteiger partial charge on any atom is -0.339 e. The number of benzene rings is 2. The molecular formula is C25H21N3O2S2. The van der Waals surface area contributed by atoms with Crippen LogP contribution in [0.25, 0.3) is 11.3 Å². The minimum absolute atomic E-state index is 0.247. The van der Waals surface area contributed by atoms with Gasteiger partial charge in [-0.25, -0.2) is 4.98 Å². The number of carbonyl (C=O) groups is 2. The zero-order valence-corrected chi connectivity index (χ0v) is 18.8. The van der Waals surface area contributed by atoms with Crippen LogP contribution in [0.2, 0.25) is 0 Å². The highest BCUT2D eigenvalue weighted by molar-refractivity contribution is 7.16. The monoisotopic (exact) mass is 459 g/mol. The second-order valence-electron chi connectivity index (χ2n) is 7.63. The van der Waals surface area contributed by atoms with Crippen molar-refractivity contribution in [1.29, 1.82) is 0 Å². The maximum atomic E-state index is 13.2. The Bertz CT molecular complexity index is 1250. The quantitative estimate of drug-likeness (QED) is 0.429. The van der Waals surface area contributed by atoms with Gasteiger partial charge in [-0.05, 0) is 35.4 Å². The molecule has 0 fully saturated rings. The summed E-state index contributed by atoms with van der Waals surface area (Å²) >= 11 is 2.87. The SMILES string of the molecule is O=C(NC(Cc1ccccc1)C(=O)Nc1nc2c(s1)CCc1ccccc1-2)c1cccs1. The third-order valence-corrected chi connectivity index (χ3v) is 7.37. The third-order valence-electron chi connectivity index (χ3n) is 5.47. The summed E-state index contributed by atoms with van der Waals surface area (Å²) in [4.78, 5) is 32.4. The summed E-state index contributed by atoms with van der Waals surface area (Å²) in [6, 6.07) is 20.8. The van der Waals surface area contributed by atoms with E-state index >= 15 is 0 Å². The molecule has 4 aromatic rings. The molecular weight excluding hydrogens is 438 g/mol. The van der Waals surface area contributed by atoms with Crippen molar-refractivity contribution >= 4 is 39.6 Å². The molecule has 0 radical (unpaired) electrons. The molecule has 2 heterocycles. The first-order valence-corrected chi connectivity index (χ1v) is 12.1. The fourth-order valence-electron chi connectivity index (χ4n) is 3.89. The Morgan fingerprint density at radius 2 is 1.78 bits per heavy atom. The number of rotatable bonds is 6. The largest absolute Gasteiger partial charge is 0.339 e. The smallest absolute Gasteiger partial charge is 0.262 e. The van der Waals surface area contributed by atoms with Gasteiger partial charge in [0.1, 0.15) is 6.04 Å². The molecule has 1 atom stereocenters. The maximum Gasteiger partial charge on any atom is 0.262 e. The molecule has 0 bridgehead atoms. The molecule has 0 spiro atoms. The van der Waals surface area contributed by atoms with Crippen LogP contribution in [-0.2, 0) is 24.1 Å². The first-order chi connectivity index (χ1) is 15.7. The van der Waals surface area contributed by atoms with Crippen LogP contribution < -0.4 is 10.6 Å². The molecule has 1 aliphatic rings. The lowest BCUT2D eigenvalue weighted by atomic mass is 9.94. The van der Waals surface area contributed by atoms with Crippen LogP contribution in [0.3, 0.4) is 0 Å². The summed E-state index contributed by atoms with van der Waals surface area (Å²) in [5.74, 6) is -0.512. The van der Waals surface area contributed by atoms with Crippen molar-refractivity contribution in [2.45, 2.75) is 25.3 Å². The summed E-state index contributed by atoms with van der Waals surface area (Å²) in [5.41, 5.74) is 4.35. The van der Waals surface area contributed by atoms with Gasteiger partial charge < -0.3 is 10.6 Å². The number of amides is 2. The van der Waals surface area contributed by atoms with E-state index in [1.165, 1.54) is 33.1 Å². The summed E-state index contributed by atoms with van der Waals surface area (Å²) in [6.45, 7) is 0. The lowest BCUT2D eigenvalue weighted by molar-refractivity contribution is -0.118. The molecule has 0 saturated carbocycles. The molecule has 2 N–H and O–H groups in total. The molecule has 160 valence electrons. The Balaban J connectivity index is 1.37. The second kappa shape index (κ2) is 9.06. The number of aromatic nitrogens is 1. The van der Waals surface area contributed by atoms with E-state index in [4.69, 9.17) is 4.98 Å². The number of thiazole rings is 1. The fraction of sp³-hybridized carbons (Fsp3) is 0.160. The zero-order chi connectivity index (χ0) is 21.9. The normalized spacial score (nSPS) is 13.0. The lowest BCUT2D eigenvalue weighted by Crippen LogP contribution is -2.45. The fourth-order valence-corrected chi connectivity index (χ4v) is 5.50. The first kappa shape index (κ1) is 20.6. The number of nitrogens with one attached hydrogen (secondary N) is 2. The van der Waals surface area contributed by atoms with Crippen molar-refractivity contribution in [3.63, 3.8) is 0 Å². The molecule has 2 amide bonds. The Morgan fingerprint density at radius 1 is 0.969 bits per heavy atom. The molecule has 2 aromatic heterocycles. The van der Waals surface area contributed by atoms with Crippen LogP contribution in [-0.4, -0.2) is 22.8 Å². The van der Waals surface area contributed by atoms with Crippen LogP contribution in [0.15, 0.2) is 72.1 Å². The number of nitrogens with zero attached hydrogens (tertiary/aromatic N) is 1. The molecule has 5 rings (SSSR count). The molecule has 0 saturated heterocycles. The van der Waals surface area contributed by atoms with Gasteiger partial charge in [0.2, 0.25) is 5.91 Å². The predicted octanol–water partition coefficient (Wildman–Crippen LogP) is 4.95. The average molecular weight is 460 g/mol.